The van der Waals surface area contributed by atoms with Gasteiger partial charge in [-0.25, -0.2) is 9.98 Å². The van der Waals surface area contributed by atoms with Gasteiger partial charge in [-0.15, -0.1) is 0 Å². The SMILES string of the molecule is CC1(C)c2cc(-c3cccc(-c4cccc(C5=NC(c6ccccc6)NC(c6ccccc6)=N5)c4)c3)ccc2-c2c1cc1ccccc1c2-c1ccccc1. The van der Waals surface area contributed by atoms with E-state index in [4.69, 9.17) is 9.98 Å². The van der Waals surface area contributed by atoms with Crippen LogP contribution in [-0.2, 0) is 5.41 Å². The van der Waals surface area contributed by atoms with Crippen LogP contribution in [0, 0.1) is 0 Å². The molecule has 3 nitrogen and oxygen atoms in total. The van der Waals surface area contributed by atoms with Crippen LogP contribution in [0.1, 0.15) is 47.8 Å². The second kappa shape index (κ2) is 13.2. The minimum absolute atomic E-state index is 0.160. The Hall–Kier alpha value is -6.84. The van der Waals surface area contributed by atoms with Crippen molar-refractivity contribution in [2.45, 2.75) is 25.4 Å². The van der Waals surface area contributed by atoms with Crippen molar-refractivity contribution in [2.24, 2.45) is 9.98 Å². The van der Waals surface area contributed by atoms with E-state index >= 15 is 0 Å². The molecule has 0 aromatic heterocycles. The fourth-order valence-corrected chi connectivity index (χ4v) is 8.47. The molecule has 0 saturated carbocycles. The third-order valence-electron chi connectivity index (χ3n) is 11.3. The summed E-state index contributed by atoms with van der Waals surface area (Å²) in [5.74, 6) is 1.53. The molecule has 1 aliphatic carbocycles. The first kappa shape index (κ1) is 32.8. The number of rotatable bonds is 6. The minimum Gasteiger partial charge on any atom is -0.344 e. The van der Waals surface area contributed by atoms with E-state index in [1.54, 1.807) is 0 Å². The fourth-order valence-electron chi connectivity index (χ4n) is 8.47. The molecule has 55 heavy (non-hydrogen) atoms. The molecule has 1 aliphatic heterocycles. The van der Waals surface area contributed by atoms with Gasteiger partial charge in [0.25, 0.3) is 0 Å². The summed E-state index contributed by atoms with van der Waals surface area (Å²) in [7, 11) is 0. The van der Waals surface area contributed by atoms with Gasteiger partial charge in [-0.05, 0) is 96.2 Å². The van der Waals surface area contributed by atoms with E-state index in [9.17, 15) is 0 Å². The van der Waals surface area contributed by atoms with Crippen LogP contribution >= 0.6 is 0 Å². The lowest BCUT2D eigenvalue weighted by Gasteiger charge is -2.23. The van der Waals surface area contributed by atoms with Gasteiger partial charge in [0.1, 0.15) is 12.0 Å². The first-order chi connectivity index (χ1) is 27.0. The second-order valence-corrected chi connectivity index (χ2v) is 15.0. The summed E-state index contributed by atoms with van der Waals surface area (Å²) in [5.41, 5.74) is 15.6. The predicted octanol–water partition coefficient (Wildman–Crippen LogP) is 12.6. The molecule has 0 fully saturated rings. The Morgan fingerprint density at radius 2 is 1.02 bits per heavy atom. The lowest BCUT2D eigenvalue weighted by Crippen LogP contribution is -2.33. The molecule has 0 spiro atoms. The Kier molecular flexibility index (Phi) is 7.88. The zero-order chi connectivity index (χ0) is 36.9. The lowest BCUT2D eigenvalue weighted by molar-refractivity contribution is 0.661. The highest BCUT2D eigenvalue weighted by molar-refractivity contribution is 6.13. The number of hydrogen-bond acceptors (Lipinski definition) is 3. The van der Waals surface area contributed by atoms with Crippen LogP contribution < -0.4 is 5.32 Å². The molecule has 1 atom stereocenters. The molecule has 262 valence electrons. The normalized spacial score (nSPS) is 15.4. The molecule has 8 aromatic carbocycles. The number of hydrogen-bond donors (Lipinski definition) is 1. The monoisotopic (exact) mass is 705 g/mol. The van der Waals surface area contributed by atoms with E-state index in [2.05, 4.69) is 183 Å². The highest BCUT2D eigenvalue weighted by Gasteiger charge is 2.38. The quantitative estimate of drug-likeness (QED) is 0.184. The molecule has 1 unspecified atom stereocenters. The molecular weight excluding hydrogens is 667 g/mol. The second-order valence-electron chi connectivity index (χ2n) is 15.0. The zero-order valence-electron chi connectivity index (χ0n) is 30.9. The van der Waals surface area contributed by atoms with Gasteiger partial charge in [0.15, 0.2) is 5.84 Å². The summed E-state index contributed by atoms with van der Waals surface area (Å²) in [4.78, 5) is 10.2. The Morgan fingerprint density at radius 1 is 0.455 bits per heavy atom. The van der Waals surface area contributed by atoms with Gasteiger partial charge in [0, 0.05) is 16.5 Å². The van der Waals surface area contributed by atoms with Crippen LogP contribution in [0.5, 0.6) is 0 Å². The van der Waals surface area contributed by atoms with E-state index in [1.165, 1.54) is 55.3 Å². The molecule has 0 bridgehead atoms. The fraction of sp³-hybridized carbons (Fsp3) is 0.0769. The van der Waals surface area contributed by atoms with E-state index in [0.717, 1.165) is 33.7 Å². The van der Waals surface area contributed by atoms with Crippen molar-refractivity contribution >= 4 is 22.4 Å². The van der Waals surface area contributed by atoms with Gasteiger partial charge < -0.3 is 5.32 Å². The topological polar surface area (TPSA) is 36.8 Å². The smallest absolute Gasteiger partial charge is 0.159 e. The van der Waals surface area contributed by atoms with Crippen LogP contribution in [0.2, 0.25) is 0 Å². The van der Waals surface area contributed by atoms with Gasteiger partial charge in [0.2, 0.25) is 0 Å². The molecule has 10 rings (SSSR count). The van der Waals surface area contributed by atoms with Gasteiger partial charge >= 0.3 is 0 Å². The van der Waals surface area contributed by atoms with Crippen LogP contribution in [0.15, 0.2) is 198 Å². The largest absolute Gasteiger partial charge is 0.344 e. The summed E-state index contributed by atoms with van der Waals surface area (Å²) in [6, 6.07) is 67.4. The molecule has 3 heteroatoms. The summed E-state index contributed by atoms with van der Waals surface area (Å²) < 4.78 is 0. The van der Waals surface area contributed by atoms with Gasteiger partial charge in [0.05, 0.1) is 0 Å². The van der Waals surface area contributed by atoms with Crippen molar-refractivity contribution in [2.75, 3.05) is 0 Å². The summed E-state index contributed by atoms with van der Waals surface area (Å²) >= 11 is 0. The number of benzene rings is 8. The highest BCUT2D eigenvalue weighted by Crippen LogP contribution is 2.55. The van der Waals surface area contributed by atoms with E-state index in [-0.39, 0.29) is 11.6 Å². The van der Waals surface area contributed by atoms with Crippen molar-refractivity contribution in [1.82, 2.24) is 5.32 Å². The average molecular weight is 706 g/mol. The lowest BCUT2D eigenvalue weighted by atomic mass is 9.80. The Bertz CT molecular complexity index is 2800. The van der Waals surface area contributed by atoms with Crippen molar-refractivity contribution in [3.05, 3.63) is 216 Å². The van der Waals surface area contributed by atoms with Crippen LogP contribution in [0.4, 0.5) is 0 Å². The Balaban J connectivity index is 1.03. The van der Waals surface area contributed by atoms with E-state index in [1.807, 2.05) is 24.3 Å². The molecule has 0 amide bonds. The summed E-state index contributed by atoms with van der Waals surface area (Å²) in [5, 5.41) is 6.15. The van der Waals surface area contributed by atoms with Crippen LogP contribution in [0.3, 0.4) is 0 Å². The van der Waals surface area contributed by atoms with Gasteiger partial charge in [-0.3, -0.25) is 0 Å². The minimum atomic E-state index is -0.242. The third-order valence-corrected chi connectivity index (χ3v) is 11.3. The van der Waals surface area contributed by atoms with E-state index in [0.29, 0.717) is 5.84 Å². The molecule has 8 aromatic rings. The first-order valence-electron chi connectivity index (χ1n) is 19.0. The predicted molar refractivity (Wildman–Crippen MR) is 230 cm³/mol. The van der Waals surface area contributed by atoms with Crippen molar-refractivity contribution in [3.8, 4) is 44.5 Å². The Labute approximate surface area is 322 Å². The van der Waals surface area contributed by atoms with Gasteiger partial charge in [-0.2, -0.15) is 0 Å². The summed E-state index contributed by atoms with van der Waals surface area (Å²) in [6.07, 6.45) is -0.242. The number of nitrogens with zero attached hydrogens (tertiary/aromatic N) is 2. The third kappa shape index (κ3) is 5.77. The molecule has 0 radical (unpaired) electrons. The molecule has 2 aliphatic rings. The summed E-state index contributed by atoms with van der Waals surface area (Å²) in [6.45, 7) is 4.76. The average Bonchev–Trinajstić information content (AvgIpc) is 3.48. The van der Waals surface area contributed by atoms with Crippen LogP contribution in [-0.4, -0.2) is 11.7 Å². The molecule has 0 saturated heterocycles. The maximum absolute atomic E-state index is 5.12. The van der Waals surface area contributed by atoms with E-state index < -0.39 is 0 Å². The Morgan fingerprint density at radius 3 is 1.73 bits per heavy atom. The van der Waals surface area contributed by atoms with Crippen LogP contribution in [0.25, 0.3) is 55.3 Å². The standard InChI is InChI=1S/C52H39N3/c1-52(2)45-32-40(28-29-44(45)48-46(52)33-41-22-12-13-27-43(41)47(48)34-16-6-3-7-17-34)38-24-14-23-37(30-38)39-25-15-26-42(31-39)51-54-49(35-18-8-4-9-19-35)53-50(55-51)36-20-10-5-11-21-36/h3-33,49H,1-2H3,(H,53,54,55). The zero-order valence-corrected chi connectivity index (χ0v) is 30.9. The maximum Gasteiger partial charge on any atom is 0.159 e. The molecule has 1 heterocycles. The molecular formula is C52H39N3. The first-order valence-corrected chi connectivity index (χ1v) is 19.0. The van der Waals surface area contributed by atoms with Gasteiger partial charge in [-0.1, -0.05) is 178 Å². The van der Waals surface area contributed by atoms with Crippen molar-refractivity contribution in [1.29, 1.82) is 0 Å². The molecule has 1 N–H and O–H groups in total. The number of amidine groups is 2. The number of aliphatic imine (C=N–C) groups is 2. The number of fused-ring (bicyclic) bond motifs is 4. The maximum atomic E-state index is 5.12. The van der Waals surface area contributed by atoms with Crippen molar-refractivity contribution in [3.63, 3.8) is 0 Å². The van der Waals surface area contributed by atoms with Crippen molar-refractivity contribution < 1.29 is 0 Å². The number of nitrogens with one attached hydrogen (secondary N) is 1. The highest BCUT2D eigenvalue weighted by atomic mass is 15.2.